The molecule has 0 unspecified atom stereocenters. The standard InChI is InChI=1S/C7H7FO2S/c1-10-7(8)6(9)5-3-2-4-11-5/h2-4,7H,1H3/t7-/m1/s1/i8-1. The highest BCUT2D eigenvalue weighted by atomic mass is 32.1. The van der Waals surface area contributed by atoms with E-state index in [2.05, 4.69) is 4.74 Å². The quantitative estimate of drug-likeness (QED) is 0.652. The predicted molar refractivity (Wildman–Crippen MR) is 40.6 cm³/mol. The van der Waals surface area contributed by atoms with Gasteiger partial charge < -0.3 is 4.74 Å². The summed E-state index contributed by atoms with van der Waals surface area (Å²) in [6.45, 7) is 0. The van der Waals surface area contributed by atoms with Crippen LogP contribution < -0.4 is 0 Å². The minimum absolute atomic E-state index is 0.388. The lowest BCUT2D eigenvalue weighted by molar-refractivity contribution is 0.00577. The van der Waals surface area contributed by atoms with Gasteiger partial charge in [0.15, 0.2) is 0 Å². The predicted octanol–water partition coefficient (Wildman–Crippen LogP) is 1.87. The molecule has 0 aromatic carbocycles. The summed E-state index contributed by atoms with van der Waals surface area (Å²) in [5, 5.41) is 1.72. The molecular weight excluding hydrogens is 166 g/mol. The first-order valence-electron chi connectivity index (χ1n) is 3.00. The van der Waals surface area contributed by atoms with Crippen molar-refractivity contribution in [3.05, 3.63) is 22.4 Å². The molecule has 0 N–H and O–H groups in total. The van der Waals surface area contributed by atoms with Crippen LogP contribution >= 0.6 is 11.3 Å². The zero-order valence-corrected chi connectivity index (χ0v) is 6.73. The largest absolute Gasteiger partial charge is 0.345 e. The van der Waals surface area contributed by atoms with E-state index in [-0.39, 0.29) is 0 Å². The molecule has 0 bridgehead atoms. The number of hydrogen-bond acceptors (Lipinski definition) is 3. The second kappa shape index (κ2) is 3.59. The van der Waals surface area contributed by atoms with Crippen molar-refractivity contribution in [1.29, 1.82) is 0 Å². The number of methoxy groups -OCH3 is 1. The Balaban J connectivity index is 2.70. The van der Waals surface area contributed by atoms with E-state index in [4.69, 9.17) is 0 Å². The molecule has 0 saturated heterocycles. The van der Waals surface area contributed by atoms with E-state index < -0.39 is 12.1 Å². The fourth-order valence-electron chi connectivity index (χ4n) is 0.638. The molecule has 0 fully saturated rings. The van der Waals surface area contributed by atoms with Gasteiger partial charge >= 0.3 is 0 Å². The van der Waals surface area contributed by atoms with Gasteiger partial charge in [0.2, 0.25) is 5.78 Å². The summed E-state index contributed by atoms with van der Waals surface area (Å²) in [6.07, 6.45) is -1.83. The van der Waals surface area contributed by atoms with E-state index >= 15 is 0 Å². The zero-order chi connectivity index (χ0) is 8.27. The van der Waals surface area contributed by atoms with Gasteiger partial charge in [0.05, 0.1) is 4.88 Å². The summed E-state index contributed by atoms with van der Waals surface area (Å²) < 4.78 is 16.7. The Kier molecular flexibility index (Phi) is 2.73. The fraction of sp³-hybridized carbons (Fsp3) is 0.286. The van der Waals surface area contributed by atoms with Gasteiger partial charge in [0.25, 0.3) is 6.36 Å². The number of hydrogen-bond donors (Lipinski definition) is 0. The molecule has 1 aromatic heterocycles. The van der Waals surface area contributed by atoms with Gasteiger partial charge in [-0.2, -0.15) is 0 Å². The lowest BCUT2D eigenvalue weighted by Crippen LogP contribution is -2.16. The molecule has 11 heavy (non-hydrogen) atoms. The average Bonchev–Trinajstić information content (AvgIpc) is 2.53. The number of alkyl halides is 1. The second-order valence-electron chi connectivity index (χ2n) is 1.89. The van der Waals surface area contributed by atoms with Crippen molar-refractivity contribution < 1.29 is 13.9 Å². The molecule has 4 heteroatoms. The van der Waals surface area contributed by atoms with Crippen molar-refractivity contribution in [2.75, 3.05) is 7.11 Å². The lowest BCUT2D eigenvalue weighted by Gasteiger charge is -2.00. The van der Waals surface area contributed by atoms with Crippen LogP contribution in [0.15, 0.2) is 17.5 Å². The molecule has 0 amide bonds. The van der Waals surface area contributed by atoms with Gasteiger partial charge in [-0.1, -0.05) is 6.07 Å². The van der Waals surface area contributed by atoms with E-state index in [0.29, 0.717) is 4.88 Å². The van der Waals surface area contributed by atoms with E-state index in [1.807, 2.05) is 0 Å². The van der Waals surface area contributed by atoms with Gasteiger partial charge in [0, 0.05) is 7.11 Å². The van der Waals surface area contributed by atoms with Crippen LogP contribution in [0.5, 0.6) is 0 Å². The fourth-order valence-corrected chi connectivity index (χ4v) is 1.31. The molecule has 0 aliphatic heterocycles. The minimum atomic E-state index is -1.83. The van der Waals surface area contributed by atoms with Crippen molar-refractivity contribution in [3.63, 3.8) is 0 Å². The van der Waals surface area contributed by atoms with E-state index in [1.165, 1.54) is 11.3 Å². The highest BCUT2D eigenvalue weighted by molar-refractivity contribution is 7.12. The Hall–Kier alpha value is -0.740. The summed E-state index contributed by atoms with van der Waals surface area (Å²) >= 11 is 1.21. The normalized spacial score (nSPS) is 12.9. The average molecular weight is 173 g/mol. The van der Waals surface area contributed by atoms with Crippen LogP contribution in [0.1, 0.15) is 9.67 Å². The number of ketones is 1. The topological polar surface area (TPSA) is 26.3 Å². The van der Waals surface area contributed by atoms with Crippen LogP contribution in [0.25, 0.3) is 0 Å². The third kappa shape index (κ3) is 1.85. The first kappa shape index (κ1) is 8.36. The van der Waals surface area contributed by atoms with Crippen molar-refractivity contribution in [3.8, 4) is 0 Å². The maximum Gasteiger partial charge on any atom is 0.263 e. The minimum Gasteiger partial charge on any atom is -0.345 e. The Morgan fingerprint density at radius 1 is 1.82 bits per heavy atom. The van der Waals surface area contributed by atoms with Gasteiger partial charge in [-0.3, -0.25) is 4.79 Å². The molecule has 0 aliphatic carbocycles. The molecule has 0 saturated carbocycles. The van der Waals surface area contributed by atoms with Crippen LogP contribution in [0.2, 0.25) is 0 Å². The molecule has 1 rings (SSSR count). The Morgan fingerprint density at radius 2 is 2.55 bits per heavy atom. The van der Waals surface area contributed by atoms with Gasteiger partial charge in [0.1, 0.15) is 0 Å². The highest BCUT2D eigenvalue weighted by Crippen LogP contribution is 2.12. The third-order valence-corrected chi connectivity index (χ3v) is 2.06. The number of rotatable bonds is 3. The number of Topliss-reactive ketones (excluding diaryl/α,β-unsaturated/α-hetero) is 1. The van der Waals surface area contributed by atoms with Crippen LogP contribution in [0, 0.1) is 0 Å². The lowest BCUT2D eigenvalue weighted by atomic mass is 10.3. The maximum atomic E-state index is 12.5. The van der Waals surface area contributed by atoms with Crippen LogP contribution in [0.3, 0.4) is 0 Å². The zero-order valence-electron chi connectivity index (χ0n) is 5.91. The summed E-state index contributed by atoms with van der Waals surface area (Å²) in [5.74, 6) is -0.609. The first-order valence-corrected chi connectivity index (χ1v) is 3.88. The Bertz CT molecular complexity index is 233. The Labute approximate surface area is 67.6 Å². The summed E-state index contributed by atoms with van der Waals surface area (Å²) in [6, 6.07) is 3.26. The monoisotopic (exact) mass is 173 g/mol. The van der Waals surface area contributed by atoms with Gasteiger partial charge in [-0.05, 0) is 11.4 Å². The highest BCUT2D eigenvalue weighted by Gasteiger charge is 2.18. The van der Waals surface area contributed by atoms with Crippen molar-refractivity contribution >= 4 is 17.1 Å². The number of carbonyl (C=O) groups is 1. The molecule has 1 aromatic rings. The molecule has 0 aliphatic rings. The number of thiophene rings is 1. The van der Waals surface area contributed by atoms with E-state index in [9.17, 15) is 9.18 Å². The first-order chi connectivity index (χ1) is 5.25. The van der Waals surface area contributed by atoms with Crippen molar-refractivity contribution in [1.82, 2.24) is 0 Å². The van der Waals surface area contributed by atoms with Crippen LogP contribution in [-0.4, -0.2) is 19.3 Å². The molecule has 0 radical (unpaired) electrons. The number of halogens is 1. The molecule has 1 atom stereocenters. The van der Waals surface area contributed by atoms with Gasteiger partial charge in [-0.15, -0.1) is 11.3 Å². The molecule has 2 nitrogen and oxygen atoms in total. The third-order valence-electron chi connectivity index (χ3n) is 1.18. The van der Waals surface area contributed by atoms with Crippen molar-refractivity contribution in [2.45, 2.75) is 6.36 Å². The van der Waals surface area contributed by atoms with Gasteiger partial charge in [-0.25, -0.2) is 4.39 Å². The van der Waals surface area contributed by atoms with Crippen LogP contribution in [0.4, 0.5) is 4.39 Å². The summed E-state index contributed by atoms with van der Waals surface area (Å²) in [5.41, 5.74) is 0. The van der Waals surface area contributed by atoms with E-state index in [0.717, 1.165) is 7.11 Å². The van der Waals surface area contributed by atoms with Crippen molar-refractivity contribution in [2.24, 2.45) is 0 Å². The molecule has 1 heterocycles. The number of ether oxygens (including phenoxy) is 1. The number of carbonyl (C=O) groups excluding carboxylic acids is 1. The maximum absolute atomic E-state index is 12.5. The second-order valence-corrected chi connectivity index (χ2v) is 2.84. The van der Waals surface area contributed by atoms with E-state index in [1.54, 1.807) is 17.5 Å². The van der Waals surface area contributed by atoms with Crippen LogP contribution in [-0.2, 0) is 4.74 Å². The smallest absolute Gasteiger partial charge is 0.263 e. The summed E-state index contributed by atoms with van der Waals surface area (Å²) in [4.78, 5) is 11.3. The molecule has 60 valence electrons. The molecule has 0 spiro atoms. The Morgan fingerprint density at radius 3 is 3.00 bits per heavy atom. The molecular formula is C7H7FO2S. The SMILES string of the molecule is CO[C@@H]([18F])C(=O)c1cccs1. The summed E-state index contributed by atoms with van der Waals surface area (Å²) in [7, 11) is 1.16.